The Morgan fingerprint density at radius 1 is 1.21 bits per heavy atom. The number of carbonyl (C=O) groups excluding carboxylic acids is 1. The van der Waals surface area contributed by atoms with Gasteiger partial charge in [-0.1, -0.05) is 18.2 Å². The smallest absolute Gasteiger partial charge is 0.251 e. The molecule has 0 bridgehead atoms. The second-order valence-corrected chi connectivity index (χ2v) is 7.07. The molecule has 122 valence electrons. The summed E-state index contributed by atoms with van der Waals surface area (Å²) >= 11 is 1.79. The minimum atomic E-state index is -0.0593. The van der Waals surface area contributed by atoms with Crippen LogP contribution in [0.4, 0.5) is 0 Å². The van der Waals surface area contributed by atoms with E-state index in [4.69, 9.17) is 4.98 Å². The second kappa shape index (κ2) is 6.24. The summed E-state index contributed by atoms with van der Waals surface area (Å²) in [7, 11) is 1.65. The molecule has 2 aliphatic rings. The van der Waals surface area contributed by atoms with Gasteiger partial charge < -0.3 is 10.2 Å². The average Bonchev–Trinajstić information content (AvgIpc) is 2.89. The molecule has 0 spiro atoms. The molecule has 4 rings (SSSR count). The number of hydrogen-bond donors (Lipinski definition) is 1. The van der Waals surface area contributed by atoms with Gasteiger partial charge in [0.1, 0.15) is 5.01 Å². The van der Waals surface area contributed by atoms with Crippen molar-refractivity contribution in [3.63, 3.8) is 0 Å². The normalized spacial score (nSPS) is 16.0. The van der Waals surface area contributed by atoms with E-state index in [0.717, 1.165) is 36.5 Å². The Labute approximate surface area is 145 Å². The zero-order valence-corrected chi connectivity index (χ0v) is 14.4. The number of rotatable bonds is 3. The number of thiazole rings is 1. The van der Waals surface area contributed by atoms with E-state index < -0.39 is 0 Å². The molecule has 0 atom stereocenters. The van der Waals surface area contributed by atoms with Crippen LogP contribution < -0.4 is 5.32 Å². The van der Waals surface area contributed by atoms with Gasteiger partial charge in [0.2, 0.25) is 0 Å². The lowest BCUT2D eigenvalue weighted by Crippen LogP contribution is -2.26. The topological polar surface area (TPSA) is 45.2 Å². The summed E-state index contributed by atoms with van der Waals surface area (Å²) in [6, 6.07) is 7.69. The Morgan fingerprint density at radius 3 is 2.62 bits per heavy atom. The molecular formula is C19H19N3OS. The van der Waals surface area contributed by atoms with Crippen molar-refractivity contribution in [2.24, 2.45) is 0 Å². The van der Waals surface area contributed by atoms with Gasteiger partial charge in [-0.05, 0) is 24.3 Å². The Kier molecular flexibility index (Phi) is 3.94. The number of benzene rings is 1. The van der Waals surface area contributed by atoms with Gasteiger partial charge in [0, 0.05) is 54.7 Å². The molecule has 4 nitrogen and oxygen atoms in total. The first-order chi connectivity index (χ1) is 11.7. The fraction of sp³-hybridized carbons (Fsp3) is 0.263. The maximum absolute atomic E-state index is 11.6. The molecular weight excluding hydrogens is 318 g/mol. The molecule has 1 aromatic carbocycles. The van der Waals surface area contributed by atoms with Gasteiger partial charge in [0.05, 0.1) is 5.69 Å². The molecule has 2 aromatic rings. The highest BCUT2D eigenvalue weighted by atomic mass is 32.1. The molecule has 0 fully saturated rings. The van der Waals surface area contributed by atoms with Crippen LogP contribution in [-0.2, 0) is 12.8 Å². The average molecular weight is 337 g/mol. The quantitative estimate of drug-likeness (QED) is 0.936. The Balaban J connectivity index is 1.52. The Hall–Kier alpha value is -2.40. The Morgan fingerprint density at radius 2 is 1.96 bits per heavy atom. The summed E-state index contributed by atoms with van der Waals surface area (Å²) in [6.07, 6.45) is 8.48. The fourth-order valence-corrected chi connectivity index (χ4v) is 4.15. The predicted octanol–water partition coefficient (Wildman–Crippen LogP) is 3.02. The minimum Gasteiger partial charge on any atom is -0.371 e. The standard InChI is InChI=1S/C19H19N3OS/c1-20-18(23)13-5-7-14(8-6-13)19-21-16-9-11-22(15-3-2-4-15)12-10-17(16)24-19/h2-8H,9-12H2,1H3,(H,20,23). The van der Waals surface area contributed by atoms with Crippen LogP contribution >= 0.6 is 11.3 Å². The molecule has 0 saturated carbocycles. The summed E-state index contributed by atoms with van der Waals surface area (Å²) in [6.45, 7) is 2.09. The van der Waals surface area contributed by atoms with Crippen molar-refractivity contribution >= 4 is 17.2 Å². The molecule has 0 radical (unpaired) electrons. The van der Waals surface area contributed by atoms with Gasteiger partial charge in [0.25, 0.3) is 5.91 Å². The largest absolute Gasteiger partial charge is 0.371 e. The maximum atomic E-state index is 11.6. The SMILES string of the molecule is CNC(=O)c1ccc(-c2nc3c(s2)CCN(C2=CC=C2)CC3)cc1. The van der Waals surface area contributed by atoms with Crippen LogP contribution in [0.3, 0.4) is 0 Å². The Bertz CT molecular complexity index is 807. The van der Waals surface area contributed by atoms with Crippen molar-refractivity contribution in [3.8, 4) is 10.6 Å². The maximum Gasteiger partial charge on any atom is 0.251 e. The van der Waals surface area contributed by atoms with Gasteiger partial charge in [0.15, 0.2) is 0 Å². The molecule has 1 aliphatic heterocycles. The van der Waals surface area contributed by atoms with Gasteiger partial charge in [-0.25, -0.2) is 4.98 Å². The lowest BCUT2D eigenvalue weighted by Gasteiger charge is -2.26. The number of amides is 1. The lowest BCUT2D eigenvalue weighted by molar-refractivity contribution is 0.0963. The second-order valence-electron chi connectivity index (χ2n) is 5.98. The fourth-order valence-electron chi connectivity index (χ4n) is 3.05. The van der Waals surface area contributed by atoms with Crippen LogP contribution in [0.25, 0.3) is 10.6 Å². The number of allylic oxidation sites excluding steroid dienone is 3. The summed E-state index contributed by atoms with van der Waals surface area (Å²) in [4.78, 5) is 20.3. The van der Waals surface area contributed by atoms with Crippen LogP contribution in [0.15, 0.2) is 48.2 Å². The van der Waals surface area contributed by atoms with Crippen LogP contribution in [0.5, 0.6) is 0 Å². The lowest BCUT2D eigenvalue weighted by atomic mass is 10.1. The molecule has 1 aromatic heterocycles. The number of nitrogens with zero attached hydrogens (tertiary/aromatic N) is 2. The van der Waals surface area contributed by atoms with E-state index in [2.05, 4.69) is 28.4 Å². The van der Waals surface area contributed by atoms with E-state index in [9.17, 15) is 4.79 Å². The first-order valence-corrected chi connectivity index (χ1v) is 9.00. The molecule has 5 heteroatoms. The van der Waals surface area contributed by atoms with Crippen molar-refractivity contribution in [1.29, 1.82) is 0 Å². The van der Waals surface area contributed by atoms with E-state index in [1.807, 2.05) is 24.3 Å². The van der Waals surface area contributed by atoms with Crippen molar-refractivity contribution in [1.82, 2.24) is 15.2 Å². The molecule has 0 unspecified atom stereocenters. The predicted molar refractivity (Wildman–Crippen MR) is 97.1 cm³/mol. The van der Waals surface area contributed by atoms with E-state index in [1.54, 1.807) is 18.4 Å². The highest BCUT2D eigenvalue weighted by molar-refractivity contribution is 7.15. The summed E-state index contributed by atoms with van der Waals surface area (Å²) in [5.41, 5.74) is 4.34. The van der Waals surface area contributed by atoms with Crippen LogP contribution in [0, 0.1) is 0 Å². The highest BCUT2D eigenvalue weighted by Gasteiger charge is 2.20. The molecule has 0 saturated heterocycles. The van der Waals surface area contributed by atoms with Crippen molar-refractivity contribution < 1.29 is 4.79 Å². The molecule has 2 heterocycles. The van der Waals surface area contributed by atoms with Gasteiger partial charge in [-0.2, -0.15) is 0 Å². The number of hydrogen-bond acceptors (Lipinski definition) is 4. The minimum absolute atomic E-state index is 0.0593. The van der Waals surface area contributed by atoms with E-state index in [-0.39, 0.29) is 5.91 Å². The first kappa shape index (κ1) is 15.1. The van der Waals surface area contributed by atoms with E-state index in [0.29, 0.717) is 5.56 Å². The number of fused-ring (bicyclic) bond motifs is 1. The zero-order valence-electron chi connectivity index (χ0n) is 13.6. The van der Waals surface area contributed by atoms with Crippen molar-refractivity contribution in [3.05, 3.63) is 64.3 Å². The van der Waals surface area contributed by atoms with Gasteiger partial charge in [-0.15, -0.1) is 11.3 Å². The zero-order chi connectivity index (χ0) is 16.5. The third kappa shape index (κ3) is 2.76. The third-order valence-corrected chi connectivity index (χ3v) is 5.73. The van der Waals surface area contributed by atoms with Crippen LogP contribution in [-0.4, -0.2) is 35.9 Å². The van der Waals surface area contributed by atoms with Crippen LogP contribution in [0.2, 0.25) is 0 Å². The van der Waals surface area contributed by atoms with Crippen molar-refractivity contribution in [2.45, 2.75) is 12.8 Å². The van der Waals surface area contributed by atoms with Crippen molar-refractivity contribution in [2.75, 3.05) is 20.1 Å². The molecule has 1 aliphatic carbocycles. The molecule has 24 heavy (non-hydrogen) atoms. The summed E-state index contributed by atoms with van der Waals surface area (Å²) in [5.74, 6) is -0.0593. The highest BCUT2D eigenvalue weighted by Crippen LogP contribution is 2.31. The number of nitrogens with one attached hydrogen (secondary N) is 1. The van der Waals surface area contributed by atoms with E-state index in [1.165, 1.54) is 16.3 Å². The molecule has 1 amide bonds. The van der Waals surface area contributed by atoms with Gasteiger partial charge >= 0.3 is 0 Å². The number of aromatic nitrogens is 1. The monoisotopic (exact) mass is 337 g/mol. The molecule has 1 N–H and O–H groups in total. The van der Waals surface area contributed by atoms with Gasteiger partial charge in [-0.3, -0.25) is 4.79 Å². The summed E-state index contributed by atoms with van der Waals surface area (Å²) < 4.78 is 0. The van der Waals surface area contributed by atoms with Crippen LogP contribution in [0.1, 0.15) is 20.9 Å². The summed E-state index contributed by atoms with van der Waals surface area (Å²) in [5, 5.41) is 3.70. The van der Waals surface area contributed by atoms with E-state index >= 15 is 0 Å². The first-order valence-electron chi connectivity index (χ1n) is 8.19. The third-order valence-electron chi connectivity index (χ3n) is 4.53. The number of carbonyl (C=O) groups is 1.